The lowest BCUT2D eigenvalue weighted by Crippen LogP contribution is -2.35. The predicted molar refractivity (Wildman–Crippen MR) is 101 cm³/mol. The van der Waals surface area contributed by atoms with E-state index in [1.807, 2.05) is 29.2 Å². The normalized spacial score (nSPS) is 16.2. The van der Waals surface area contributed by atoms with E-state index >= 15 is 0 Å². The molecule has 3 rings (SSSR count). The third-order valence-corrected chi connectivity index (χ3v) is 4.61. The lowest BCUT2D eigenvalue weighted by molar-refractivity contribution is -0.124. The average Bonchev–Trinajstić information content (AvgIpc) is 3.18. The highest BCUT2D eigenvalue weighted by Gasteiger charge is 2.28. The maximum absolute atomic E-state index is 12.4. The van der Waals surface area contributed by atoms with Gasteiger partial charge in [0.05, 0.1) is 31.5 Å². The van der Waals surface area contributed by atoms with Crippen molar-refractivity contribution < 1.29 is 14.3 Å². The van der Waals surface area contributed by atoms with Crippen molar-refractivity contribution in [3.05, 3.63) is 46.9 Å². The van der Waals surface area contributed by atoms with Crippen molar-refractivity contribution >= 4 is 11.6 Å². The van der Waals surface area contributed by atoms with Gasteiger partial charge >= 0.3 is 0 Å². The minimum atomic E-state index is -0.158. The van der Waals surface area contributed by atoms with E-state index < -0.39 is 0 Å². The highest BCUT2D eigenvalue weighted by molar-refractivity contribution is 5.80. The van der Waals surface area contributed by atoms with Gasteiger partial charge in [0.15, 0.2) is 11.5 Å². The number of aryl methyl sites for hydroxylation is 1. The third-order valence-electron chi connectivity index (χ3n) is 4.61. The minimum Gasteiger partial charge on any atom is -0.493 e. The van der Waals surface area contributed by atoms with E-state index in [4.69, 9.17) is 9.47 Å². The van der Waals surface area contributed by atoms with Crippen LogP contribution in [0.3, 0.4) is 0 Å². The molecule has 0 aliphatic carbocycles. The van der Waals surface area contributed by atoms with Gasteiger partial charge in [0.1, 0.15) is 6.61 Å². The number of para-hydroxylation sites is 2. The van der Waals surface area contributed by atoms with Crippen LogP contribution in [0.5, 0.6) is 11.5 Å². The van der Waals surface area contributed by atoms with E-state index in [0.29, 0.717) is 31.2 Å². The number of carbonyl (C=O) groups is 1. The molecular weight excluding hydrogens is 348 g/mol. The summed E-state index contributed by atoms with van der Waals surface area (Å²) in [7, 11) is 3.20. The Morgan fingerprint density at radius 2 is 2.11 bits per heavy atom. The molecule has 1 aromatic carbocycles. The molecule has 1 N–H and O–H groups in total. The summed E-state index contributed by atoms with van der Waals surface area (Å²) in [6, 6.07) is 8.95. The van der Waals surface area contributed by atoms with Crippen LogP contribution in [0.1, 0.15) is 6.42 Å². The van der Waals surface area contributed by atoms with Crippen LogP contribution in [0.2, 0.25) is 0 Å². The Labute approximate surface area is 157 Å². The van der Waals surface area contributed by atoms with Gasteiger partial charge in [-0.15, -0.1) is 0 Å². The van der Waals surface area contributed by atoms with Crippen molar-refractivity contribution in [3.63, 3.8) is 0 Å². The molecule has 0 bridgehead atoms. The maximum Gasteiger partial charge on any atom is 0.268 e. The van der Waals surface area contributed by atoms with E-state index in [9.17, 15) is 9.59 Å². The van der Waals surface area contributed by atoms with Gasteiger partial charge in [0, 0.05) is 26.2 Å². The fourth-order valence-corrected chi connectivity index (χ4v) is 3.06. The van der Waals surface area contributed by atoms with Crippen LogP contribution in [0.4, 0.5) is 5.69 Å². The lowest BCUT2D eigenvalue weighted by Gasteiger charge is -2.18. The van der Waals surface area contributed by atoms with Crippen LogP contribution in [0.25, 0.3) is 0 Å². The number of nitrogens with zero attached hydrogens (tertiary/aromatic N) is 3. The SMILES string of the molecule is COc1ccccc1OCCNC(=O)C1CCN(c2cnn(C)c(=O)c2)C1. The monoisotopic (exact) mass is 372 g/mol. The number of rotatable bonds is 7. The zero-order valence-corrected chi connectivity index (χ0v) is 15.6. The van der Waals surface area contributed by atoms with Gasteiger partial charge < -0.3 is 19.7 Å². The second kappa shape index (κ2) is 8.57. The number of carbonyl (C=O) groups excluding carboxylic acids is 1. The Morgan fingerprint density at radius 3 is 2.85 bits per heavy atom. The fraction of sp³-hybridized carbons (Fsp3) is 0.421. The molecule has 1 aliphatic rings. The molecule has 144 valence electrons. The van der Waals surface area contributed by atoms with Crippen molar-refractivity contribution in [3.8, 4) is 11.5 Å². The number of nitrogens with one attached hydrogen (secondary N) is 1. The molecule has 1 aliphatic heterocycles. The number of amides is 1. The molecule has 1 atom stereocenters. The molecule has 8 heteroatoms. The Balaban J connectivity index is 1.45. The fourth-order valence-electron chi connectivity index (χ4n) is 3.06. The van der Waals surface area contributed by atoms with Crippen LogP contribution in [-0.2, 0) is 11.8 Å². The molecule has 27 heavy (non-hydrogen) atoms. The molecule has 2 aromatic rings. The van der Waals surface area contributed by atoms with Crippen LogP contribution in [0.15, 0.2) is 41.3 Å². The summed E-state index contributed by atoms with van der Waals surface area (Å²) in [5.41, 5.74) is 0.599. The van der Waals surface area contributed by atoms with Crippen molar-refractivity contribution in [1.82, 2.24) is 15.1 Å². The maximum atomic E-state index is 12.4. The predicted octanol–water partition coefficient (Wildman–Crippen LogP) is 0.810. The number of hydrogen-bond donors (Lipinski definition) is 1. The number of ether oxygens (including phenoxy) is 2. The Bertz CT molecular complexity index is 852. The van der Waals surface area contributed by atoms with Gasteiger partial charge in [-0.3, -0.25) is 9.59 Å². The summed E-state index contributed by atoms with van der Waals surface area (Å²) < 4.78 is 12.2. The minimum absolute atomic E-state index is 0.00193. The van der Waals surface area contributed by atoms with Gasteiger partial charge in [0.25, 0.3) is 5.56 Å². The number of methoxy groups -OCH3 is 1. The van der Waals surface area contributed by atoms with E-state index in [1.54, 1.807) is 26.4 Å². The Kier molecular flexibility index (Phi) is 5.95. The zero-order chi connectivity index (χ0) is 19.2. The zero-order valence-electron chi connectivity index (χ0n) is 15.6. The molecular formula is C19H24N4O4. The van der Waals surface area contributed by atoms with Crippen molar-refractivity contribution in [1.29, 1.82) is 0 Å². The van der Waals surface area contributed by atoms with Gasteiger partial charge in [-0.05, 0) is 18.6 Å². The highest BCUT2D eigenvalue weighted by Crippen LogP contribution is 2.25. The Hall–Kier alpha value is -3.03. The number of hydrogen-bond acceptors (Lipinski definition) is 6. The molecule has 0 radical (unpaired) electrons. The topological polar surface area (TPSA) is 85.7 Å². The first-order valence-corrected chi connectivity index (χ1v) is 8.90. The molecule has 1 aromatic heterocycles. The standard InChI is InChI=1S/C19H24N4O4/c1-22-18(24)11-15(12-21-22)23-9-7-14(13-23)19(25)20-8-10-27-17-6-4-3-5-16(17)26-2/h3-6,11-12,14H,7-10,13H2,1-2H3,(H,20,25). The molecule has 1 unspecified atom stereocenters. The van der Waals surface area contributed by atoms with Gasteiger partial charge in [-0.1, -0.05) is 12.1 Å². The van der Waals surface area contributed by atoms with E-state index in [1.165, 1.54) is 4.68 Å². The first-order valence-electron chi connectivity index (χ1n) is 8.90. The lowest BCUT2D eigenvalue weighted by atomic mass is 10.1. The molecule has 1 amide bonds. The van der Waals surface area contributed by atoms with Crippen LogP contribution in [0, 0.1) is 5.92 Å². The van der Waals surface area contributed by atoms with Crippen molar-refractivity contribution in [2.75, 3.05) is 38.3 Å². The molecule has 8 nitrogen and oxygen atoms in total. The van der Waals surface area contributed by atoms with Crippen molar-refractivity contribution in [2.24, 2.45) is 13.0 Å². The van der Waals surface area contributed by atoms with E-state index in [-0.39, 0.29) is 17.4 Å². The van der Waals surface area contributed by atoms with Gasteiger partial charge in [-0.25, -0.2) is 4.68 Å². The van der Waals surface area contributed by atoms with Crippen LogP contribution in [-0.4, -0.2) is 49.0 Å². The molecule has 2 heterocycles. The molecule has 1 saturated heterocycles. The average molecular weight is 372 g/mol. The first kappa shape index (κ1) is 18.8. The number of benzene rings is 1. The first-order chi connectivity index (χ1) is 13.1. The summed E-state index contributed by atoms with van der Waals surface area (Å²) in [4.78, 5) is 26.1. The summed E-state index contributed by atoms with van der Waals surface area (Å²) in [5.74, 6) is 1.20. The molecule has 0 saturated carbocycles. The second-order valence-corrected chi connectivity index (χ2v) is 6.40. The number of aromatic nitrogens is 2. The second-order valence-electron chi connectivity index (χ2n) is 6.40. The molecule has 0 spiro atoms. The van der Waals surface area contributed by atoms with Crippen LogP contribution >= 0.6 is 0 Å². The van der Waals surface area contributed by atoms with E-state index in [0.717, 1.165) is 18.7 Å². The summed E-state index contributed by atoms with van der Waals surface area (Å²) in [5, 5.41) is 6.94. The van der Waals surface area contributed by atoms with Crippen molar-refractivity contribution in [2.45, 2.75) is 6.42 Å². The Morgan fingerprint density at radius 1 is 1.33 bits per heavy atom. The highest BCUT2D eigenvalue weighted by atomic mass is 16.5. The smallest absolute Gasteiger partial charge is 0.268 e. The summed E-state index contributed by atoms with van der Waals surface area (Å²) in [6.07, 6.45) is 2.40. The summed E-state index contributed by atoms with van der Waals surface area (Å²) in [6.45, 7) is 2.08. The van der Waals surface area contributed by atoms with E-state index in [2.05, 4.69) is 10.4 Å². The van der Waals surface area contributed by atoms with Gasteiger partial charge in [-0.2, -0.15) is 5.10 Å². The van der Waals surface area contributed by atoms with Gasteiger partial charge in [0.2, 0.25) is 5.91 Å². The number of anilines is 1. The third kappa shape index (κ3) is 4.58. The van der Waals surface area contributed by atoms with Crippen LogP contribution < -0.4 is 25.2 Å². The largest absolute Gasteiger partial charge is 0.493 e. The summed E-state index contributed by atoms with van der Waals surface area (Å²) >= 11 is 0. The molecule has 1 fully saturated rings. The quantitative estimate of drug-likeness (QED) is 0.724.